The standard InChI is InChI=1S/C19H18N4O3/c1-25-15-7-8-17(26-2)16(12-15)23-18(24)13-5-3-6-14(11-13)22-19-20-9-4-10-21-19/h3-12H,1-2H3,(H,23,24)(H,20,21,22). The highest BCUT2D eigenvalue weighted by Gasteiger charge is 2.12. The van der Waals surface area contributed by atoms with Crippen LogP contribution in [-0.2, 0) is 0 Å². The Hall–Kier alpha value is -3.61. The van der Waals surface area contributed by atoms with Crippen LogP contribution in [0.4, 0.5) is 17.3 Å². The van der Waals surface area contributed by atoms with E-state index in [4.69, 9.17) is 9.47 Å². The number of ether oxygens (including phenoxy) is 2. The number of amides is 1. The van der Waals surface area contributed by atoms with Gasteiger partial charge in [0, 0.05) is 29.7 Å². The Balaban J connectivity index is 1.79. The van der Waals surface area contributed by atoms with Gasteiger partial charge in [0.25, 0.3) is 5.91 Å². The monoisotopic (exact) mass is 350 g/mol. The van der Waals surface area contributed by atoms with Crippen molar-refractivity contribution in [2.24, 2.45) is 0 Å². The molecule has 0 fully saturated rings. The average molecular weight is 350 g/mol. The summed E-state index contributed by atoms with van der Waals surface area (Å²) in [5, 5.41) is 5.90. The van der Waals surface area contributed by atoms with Crippen molar-refractivity contribution in [1.29, 1.82) is 0 Å². The van der Waals surface area contributed by atoms with Gasteiger partial charge >= 0.3 is 0 Å². The topological polar surface area (TPSA) is 85.4 Å². The van der Waals surface area contributed by atoms with E-state index in [1.165, 1.54) is 0 Å². The molecule has 2 N–H and O–H groups in total. The highest BCUT2D eigenvalue weighted by Crippen LogP contribution is 2.29. The van der Waals surface area contributed by atoms with Crippen LogP contribution in [0.2, 0.25) is 0 Å². The number of carbonyl (C=O) groups excluding carboxylic acids is 1. The van der Waals surface area contributed by atoms with Crippen LogP contribution in [0.25, 0.3) is 0 Å². The molecule has 0 aliphatic heterocycles. The second kappa shape index (κ2) is 7.98. The van der Waals surface area contributed by atoms with Gasteiger partial charge < -0.3 is 20.1 Å². The molecule has 0 aliphatic carbocycles. The smallest absolute Gasteiger partial charge is 0.255 e. The van der Waals surface area contributed by atoms with E-state index in [0.29, 0.717) is 34.4 Å². The van der Waals surface area contributed by atoms with E-state index in [1.54, 1.807) is 69.1 Å². The molecule has 7 heteroatoms. The van der Waals surface area contributed by atoms with Gasteiger partial charge in [-0.25, -0.2) is 9.97 Å². The minimum absolute atomic E-state index is 0.269. The first-order valence-electron chi connectivity index (χ1n) is 7.87. The Morgan fingerprint density at radius 1 is 0.962 bits per heavy atom. The fourth-order valence-electron chi connectivity index (χ4n) is 2.34. The van der Waals surface area contributed by atoms with Crippen molar-refractivity contribution < 1.29 is 14.3 Å². The Kier molecular flexibility index (Phi) is 5.28. The maximum absolute atomic E-state index is 12.6. The predicted octanol–water partition coefficient (Wildman–Crippen LogP) is 3.49. The number of benzene rings is 2. The molecule has 0 unspecified atom stereocenters. The zero-order valence-corrected chi connectivity index (χ0v) is 14.4. The fraction of sp³-hybridized carbons (Fsp3) is 0.105. The molecule has 0 atom stereocenters. The third kappa shape index (κ3) is 4.07. The number of nitrogens with one attached hydrogen (secondary N) is 2. The van der Waals surface area contributed by atoms with Crippen molar-refractivity contribution in [1.82, 2.24) is 9.97 Å². The van der Waals surface area contributed by atoms with Gasteiger partial charge in [0.1, 0.15) is 11.5 Å². The second-order valence-electron chi connectivity index (χ2n) is 5.30. The third-order valence-corrected chi connectivity index (χ3v) is 3.60. The zero-order valence-electron chi connectivity index (χ0n) is 14.4. The van der Waals surface area contributed by atoms with E-state index >= 15 is 0 Å². The van der Waals surface area contributed by atoms with E-state index in [1.807, 2.05) is 6.07 Å². The molecule has 0 saturated carbocycles. The molecule has 1 aromatic heterocycles. The van der Waals surface area contributed by atoms with E-state index in [-0.39, 0.29) is 5.91 Å². The van der Waals surface area contributed by atoms with Gasteiger partial charge in [-0.15, -0.1) is 0 Å². The van der Waals surface area contributed by atoms with E-state index < -0.39 is 0 Å². The summed E-state index contributed by atoms with van der Waals surface area (Å²) < 4.78 is 10.5. The van der Waals surface area contributed by atoms with Crippen molar-refractivity contribution in [3.63, 3.8) is 0 Å². The number of rotatable bonds is 6. The van der Waals surface area contributed by atoms with Gasteiger partial charge in [-0.1, -0.05) is 6.07 Å². The van der Waals surface area contributed by atoms with E-state index in [2.05, 4.69) is 20.6 Å². The summed E-state index contributed by atoms with van der Waals surface area (Å²) in [5.74, 6) is 1.36. The average Bonchev–Trinajstić information content (AvgIpc) is 2.69. The van der Waals surface area contributed by atoms with Crippen LogP contribution < -0.4 is 20.1 Å². The van der Waals surface area contributed by atoms with Crippen LogP contribution in [0.3, 0.4) is 0 Å². The number of nitrogens with zero attached hydrogens (tertiary/aromatic N) is 2. The first-order chi connectivity index (χ1) is 12.7. The van der Waals surface area contributed by atoms with Crippen molar-refractivity contribution in [3.05, 3.63) is 66.5 Å². The molecule has 1 heterocycles. The lowest BCUT2D eigenvalue weighted by Gasteiger charge is -2.12. The predicted molar refractivity (Wildman–Crippen MR) is 99.3 cm³/mol. The summed E-state index contributed by atoms with van der Waals surface area (Å²) in [6.45, 7) is 0. The van der Waals surface area contributed by atoms with E-state index in [9.17, 15) is 4.79 Å². The number of hydrogen-bond donors (Lipinski definition) is 2. The van der Waals surface area contributed by atoms with Crippen molar-refractivity contribution in [2.45, 2.75) is 0 Å². The van der Waals surface area contributed by atoms with Crippen LogP contribution in [0.1, 0.15) is 10.4 Å². The first-order valence-corrected chi connectivity index (χ1v) is 7.87. The molecule has 3 rings (SSSR count). The van der Waals surface area contributed by atoms with Gasteiger partial charge in [0.2, 0.25) is 5.95 Å². The maximum Gasteiger partial charge on any atom is 0.255 e. The lowest BCUT2D eigenvalue weighted by molar-refractivity contribution is 0.102. The lowest BCUT2D eigenvalue weighted by atomic mass is 10.1. The molecule has 0 radical (unpaired) electrons. The Labute approximate surface area is 151 Å². The van der Waals surface area contributed by atoms with Crippen molar-refractivity contribution >= 4 is 23.2 Å². The largest absolute Gasteiger partial charge is 0.497 e. The Morgan fingerprint density at radius 2 is 1.77 bits per heavy atom. The third-order valence-electron chi connectivity index (χ3n) is 3.60. The Morgan fingerprint density at radius 3 is 2.50 bits per heavy atom. The molecule has 7 nitrogen and oxygen atoms in total. The van der Waals surface area contributed by atoms with E-state index in [0.717, 1.165) is 0 Å². The molecule has 0 spiro atoms. The molecule has 26 heavy (non-hydrogen) atoms. The molecule has 2 aromatic carbocycles. The summed E-state index contributed by atoms with van der Waals surface area (Å²) in [6, 6.07) is 14.0. The Bertz CT molecular complexity index is 900. The number of carbonyl (C=O) groups is 1. The molecule has 0 bridgehead atoms. The van der Waals surface area contributed by atoms with Gasteiger partial charge in [-0.05, 0) is 36.4 Å². The normalized spacial score (nSPS) is 10.1. The number of methoxy groups -OCH3 is 2. The molecule has 0 saturated heterocycles. The van der Waals surface area contributed by atoms with Crippen molar-refractivity contribution in [3.8, 4) is 11.5 Å². The summed E-state index contributed by atoms with van der Waals surface area (Å²) in [6.07, 6.45) is 3.28. The SMILES string of the molecule is COc1ccc(OC)c(NC(=O)c2cccc(Nc3ncccn3)c2)c1. The summed E-state index contributed by atoms with van der Waals surface area (Å²) in [7, 11) is 3.11. The molecular formula is C19H18N4O3. The summed E-state index contributed by atoms with van der Waals surface area (Å²) in [5.41, 5.74) is 1.72. The molecule has 132 valence electrons. The first kappa shape index (κ1) is 17.2. The van der Waals surface area contributed by atoms with Gasteiger partial charge in [-0.3, -0.25) is 4.79 Å². The van der Waals surface area contributed by atoms with Crippen LogP contribution >= 0.6 is 0 Å². The maximum atomic E-state index is 12.6. The minimum Gasteiger partial charge on any atom is -0.497 e. The van der Waals surface area contributed by atoms with Crippen LogP contribution in [0.5, 0.6) is 11.5 Å². The van der Waals surface area contributed by atoms with Crippen molar-refractivity contribution in [2.75, 3.05) is 24.9 Å². The van der Waals surface area contributed by atoms with Crippen LogP contribution in [0.15, 0.2) is 60.9 Å². The number of aromatic nitrogens is 2. The highest BCUT2D eigenvalue weighted by molar-refractivity contribution is 6.05. The zero-order chi connectivity index (χ0) is 18.4. The number of anilines is 3. The summed E-state index contributed by atoms with van der Waals surface area (Å²) >= 11 is 0. The second-order valence-corrected chi connectivity index (χ2v) is 5.30. The van der Waals surface area contributed by atoms with Gasteiger partial charge in [0.05, 0.1) is 19.9 Å². The molecular weight excluding hydrogens is 332 g/mol. The highest BCUT2D eigenvalue weighted by atomic mass is 16.5. The molecule has 3 aromatic rings. The quantitative estimate of drug-likeness (QED) is 0.708. The minimum atomic E-state index is -0.269. The van der Waals surface area contributed by atoms with Gasteiger partial charge in [-0.2, -0.15) is 0 Å². The fourth-order valence-corrected chi connectivity index (χ4v) is 2.34. The lowest BCUT2D eigenvalue weighted by Crippen LogP contribution is -2.13. The van der Waals surface area contributed by atoms with Crippen LogP contribution in [0, 0.1) is 0 Å². The van der Waals surface area contributed by atoms with Gasteiger partial charge in [0.15, 0.2) is 0 Å². The summed E-state index contributed by atoms with van der Waals surface area (Å²) in [4.78, 5) is 20.8. The number of hydrogen-bond acceptors (Lipinski definition) is 6. The van der Waals surface area contributed by atoms with Crippen LogP contribution in [-0.4, -0.2) is 30.1 Å². The molecule has 1 amide bonds. The molecule has 0 aliphatic rings.